The van der Waals surface area contributed by atoms with Crippen LogP contribution in [0.3, 0.4) is 0 Å². The Labute approximate surface area is 172 Å². The van der Waals surface area contributed by atoms with Gasteiger partial charge in [0.15, 0.2) is 0 Å². The molecule has 10 heteroatoms. The van der Waals surface area contributed by atoms with Crippen molar-refractivity contribution >= 4 is 30.7 Å². The highest BCUT2D eigenvalue weighted by molar-refractivity contribution is 5.85. The highest BCUT2D eigenvalue weighted by atomic mass is 35.5. The summed E-state index contributed by atoms with van der Waals surface area (Å²) in [7, 11) is 1.61. The summed E-state index contributed by atoms with van der Waals surface area (Å²) in [5, 5.41) is 3.27. The van der Waals surface area contributed by atoms with Gasteiger partial charge in [-0.1, -0.05) is 6.92 Å². The first-order valence-corrected chi connectivity index (χ1v) is 9.08. The molecule has 2 aliphatic heterocycles. The largest absolute Gasteiger partial charge is 0.401 e. The van der Waals surface area contributed by atoms with Crippen molar-refractivity contribution in [1.29, 1.82) is 0 Å². The number of nitrogens with zero attached hydrogens (tertiary/aromatic N) is 2. The lowest BCUT2D eigenvalue weighted by Crippen LogP contribution is -2.51. The topological polar surface area (TPSA) is 44.8 Å². The Balaban J connectivity index is 0.00000338. The van der Waals surface area contributed by atoms with E-state index in [0.29, 0.717) is 32.8 Å². The van der Waals surface area contributed by atoms with Gasteiger partial charge in [0.25, 0.3) is 0 Å². The van der Waals surface area contributed by atoms with Crippen molar-refractivity contribution in [2.45, 2.75) is 32.4 Å². The van der Waals surface area contributed by atoms with Crippen LogP contribution in [0.2, 0.25) is 0 Å². The smallest absolute Gasteiger partial charge is 0.384 e. The van der Waals surface area contributed by atoms with Crippen LogP contribution in [0.1, 0.15) is 26.2 Å². The Morgan fingerprint density at radius 2 is 1.93 bits per heavy atom. The maximum absolute atomic E-state index is 13.1. The molecular weight excluding hydrogens is 406 g/mol. The van der Waals surface area contributed by atoms with Gasteiger partial charge in [-0.25, -0.2) is 0 Å². The number of likely N-dealkylation sites (tertiary alicyclic amines) is 1. The standard InChI is InChI=1S/C17H30F3N3O2.2ClH/c1-3-22(12-17(18,19)20)10-14-4-9-23(11-14)15(24)16(13-25-2)5-7-21-8-6-16;;/h14,21H,3-13H2,1-2H3;2*1H. The van der Waals surface area contributed by atoms with Crippen LogP contribution in [0, 0.1) is 11.3 Å². The molecule has 2 rings (SSSR count). The van der Waals surface area contributed by atoms with Gasteiger partial charge in [0.2, 0.25) is 5.91 Å². The van der Waals surface area contributed by atoms with Crippen molar-refractivity contribution in [3.05, 3.63) is 0 Å². The SMILES string of the molecule is CCN(CC1CCN(C(=O)C2(COC)CCNCC2)C1)CC(F)(F)F.Cl.Cl. The fraction of sp³-hybridized carbons (Fsp3) is 0.941. The van der Waals surface area contributed by atoms with Crippen molar-refractivity contribution in [3.63, 3.8) is 0 Å². The number of methoxy groups -OCH3 is 1. The zero-order chi connectivity index (χ0) is 18.5. The van der Waals surface area contributed by atoms with Gasteiger partial charge in [0, 0.05) is 26.7 Å². The van der Waals surface area contributed by atoms with Crippen LogP contribution in [0.5, 0.6) is 0 Å². The third-order valence-electron chi connectivity index (χ3n) is 5.37. The van der Waals surface area contributed by atoms with E-state index >= 15 is 0 Å². The van der Waals surface area contributed by atoms with Crippen molar-refractivity contribution in [1.82, 2.24) is 15.1 Å². The summed E-state index contributed by atoms with van der Waals surface area (Å²) >= 11 is 0. The molecule has 2 saturated heterocycles. The normalized spacial score (nSPS) is 22.3. The van der Waals surface area contributed by atoms with Crippen molar-refractivity contribution in [3.8, 4) is 0 Å². The van der Waals surface area contributed by atoms with Crippen LogP contribution in [-0.2, 0) is 9.53 Å². The van der Waals surface area contributed by atoms with E-state index in [0.717, 1.165) is 32.4 Å². The number of halogens is 5. The summed E-state index contributed by atoms with van der Waals surface area (Å²) in [6.07, 6.45) is -1.92. The molecule has 0 aliphatic carbocycles. The molecule has 1 N–H and O–H groups in total. The van der Waals surface area contributed by atoms with Crippen molar-refractivity contribution in [2.75, 3.05) is 59.5 Å². The molecule has 5 nitrogen and oxygen atoms in total. The number of carbonyl (C=O) groups excluding carboxylic acids is 1. The second kappa shape index (κ2) is 11.7. The van der Waals surface area contributed by atoms with Crippen LogP contribution in [0.15, 0.2) is 0 Å². The number of nitrogens with one attached hydrogen (secondary N) is 1. The first-order chi connectivity index (χ1) is 11.8. The molecule has 0 aromatic rings. The first kappa shape index (κ1) is 26.7. The second-order valence-corrected chi connectivity index (χ2v) is 7.31. The van der Waals surface area contributed by atoms with Crippen molar-refractivity contribution in [2.24, 2.45) is 11.3 Å². The van der Waals surface area contributed by atoms with E-state index in [4.69, 9.17) is 4.74 Å². The van der Waals surface area contributed by atoms with Gasteiger partial charge in [-0.15, -0.1) is 24.8 Å². The summed E-state index contributed by atoms with van der Waals surface area (Å²) in [6.45, 7) is 4.78. The number of carbonyl (C=O) groups is 1. The molecule has 0 aromatic heterocycles. The minimum atomic E-state index is -4.18. The van der Waals surface area contributed by atoms with Crippen LogP contribution < -0.4 is 5.32 Å². The van der Waals surface area contributed by atoms with Crippen LogP contribution in [-0.4, -0.2) is 81.4 Å². The maximum atomic E-state index is 13.1. The fourth-order valence-electron chi connectivity index (χ4n) is 4.03. The molecule has 0 aromatic carbocycles. The third-order valence-corrected chi connectivity index (χ3v) is 5.37. The van der Waals surface area contributed by atoms with Gasteiger partial charge in [-0.3, -0.25) is 9.69 Å². The number of hydrogen-bond acceptors (Lipinski definition) is 4. The summed E-state index contributed by atoms with van der Waals surface area (Å²) < 4.78 is 43.2. The Bertz CT molecular complexity index is 444. The van der Waals surface area contributed by atoms with E-state index in [1.807, 2.05) is 4.90 Å². The average Bonchev–Trinajstić information content (AvgIpc) is 3.01. The van der Waals surface area contributed by atoms with E-state index in [2.05, 4.69) is 5.32 Å². The number of hydrogen-bond donors (Lipinski definition) is 1. The number of ether oxygens (including phenoxy) is 1. The van der Waals surface area contributed by atoms with Gasteiger partial charge in [-0.05, 0) is 44.8 Å². The molecule has 27 heavy (non-hydrogen) atoms. The lowest BCUT2D eigenvalue weighted by atomic mass is 9.78. The highest BCUT2D eigenvalue weighted by Crippen LogP contribution is 2.34. The van der Waals surface area contributed by atoms with Crippen LogP contribution in [0.25, 0.3) is 0 Å². The first-order valence-electron chi connectivity index (χ1n) is 9.08. The average molecular weight is 438 g/mol. The van der Waals surface area contributed by atoms with E-state index in [-0.39, 0.29) is 36.6 Å². The van der Waals surface area contributed by atoms with Gasteiger partial charge in [0.05, 0.1) is 18.6 Å². The molecule has 0 bridgehead atoms. The predicted octanol–water partition coefficient (Wildman–Crippen LogP) is 2.58. The Morgan fingerprint density at radius 3 is 2.44 bits per heavy atom. The van der Waals surface area contributed by atoms with Crippen molar-refractivity contribution < 1.29 is 22.7 Å². The zero-order valence-corrected chi connectivity index (χ0v) is 17.6. The molecule has 162 valence electrons. The predicted molar refractivity (Wildman–Crippen MR) is 104 cm³/mol. The Kier molecular flexibility index (Phi) is 11.5. The van der Waals surface area contributed by atoms with Gasteiger partial charge in [0.1, 0.15) is 0 Å². The Hall–Kier alpha value is -0.280. The Morgan fingerprint density at radius 1 is 1.30 bits per heavy atom. The molecule has 2 fully saturated rings. The van der Waals surface area contributed by atoms with Crippen LogP contribution >= 0.6 is 24.8 Å². The number of alkyl halides is 3. The molecule has 0 saturated carbocycles. The minimum Gasteiger partial charge on any atom is -0.384 e. The monoisotopic (exact) mass is 437 g/mol. The lowest BCUT2D eigenvalue weighted by molar-refractivity contribution is -0.149. The van der Waals surface area contributed by atoms with Crippen LogP contribution in [0.4, 0.5) is 13.2 Å². The maximum Gasteiger partial charge on any atom is 0.401 e. The molecule has 0 radical (unpaired) electrons. The number of amides is 1. The van der Waals surface area contributed by atoms with Gasteiger partial charge >= 0.3 is 6.18 Å². The van der Waals surface area contributed by atoms with E-state index in [9.17, 15) is 18.0 Å². The van der Waals surface area contributed by atoms with Gasteiger partial charge < -0.3 is 15.0 Å². The molecule has 0 spiro atoms. The molecule has 1 unspecified atom stereocenters. The fourth-order valence-corrected chi connectivity index (χ4v) is 4.03. The minimum absolute atomic E-state index is 0. The lowest BCUT2D eigenvalue weighted by Gasteiger charge is -2.38. The molecule has 1 atom stereocenters. The summed E-state index contributed by atoms with van der Waals surface area (Å²) in [5.41, 5.74) is -0.481. The quantitative estimate of drug-likeness (QED) is 0.664. The summed E-state index contributed by atoms with van der Waals surface area (Å²) in [4.78, 5) is 16.3. The molecule has 2 aliphatic rings. The number of rotatable bonds is 7. The third kappa shape index (κ3) is 7.57. The molecular formula is C17H32Cl2F3N3O2. The van der Waals surface area contributed by atoms with E-state index < -0.39 is 18.1 Å². The van der Waals surface area contributed by atoms with E-state index in [1.165, 1.54) is 4.90 Å². The summed E-state index contributed by atoms with van der Waals surface area (Å²) in [5.74, 6) is 0.213. The highest BCUT2D eigenvalue weighted by Gasteiger charge is 2.44. The van der Waals surface area contributed by atoms with Gasteiger partial charge in [-0.2, -0.15) is 13.2 Å². The second-order valence-electron chi connectivity index (χ2n) is 7.31. The molecule has 2 heterocycles. The van der Waals surface area contributed by atoms with E-state index in [1.54, 1.807) is 14.0 Å². The number of piperidine rings is 1. The molecule has 1 amide bonds. The zero-order valence-electron chi connectivity index (χ0n) is 16.0. The summed E-state index contributed by atoms with van der Waals surface area (Å²) in [6, 6.07) is 0.